The van der Waals surface area contributed by atoms with Crippen molar-refractivity contribution in [1.82, 2.24) is 9.13 Å². The predicted molar refractivity (Wildman–Crippen MR) is 76.7 cm³/mol. The third-order valence-corrected chi connectivity index (χ3v) is 4.44. The van der Waals surface area contributed by atoms with Crippen LogP contribution in [0.15, 0.2) is 23.0 Å². The van der Waals surface area contributed by atoms with Crippen LogP contribution < -0.4 is 5.69 Å². The standard InChI is InChI=1S/C15H20N2O3/c1-15(7-4-8-20-15)13(18)10-5-6-11-12(9-10)17(3)14(19)16(11)2/h5-6,9,13,18H,4,7-8H2,1-3H3. The van der Waals surface area contributed by atoms with E-state index in [2.05, 4.69) is 0 Å². The quantitative estimate of drug-likeness (QED) is 0.904. The van der Waals surface area contributed by atoms with Gasteiger partial charge in [0.25, 0.3) is 0 Å². The second kappa shape index (κ2) is 4.46. The third kappa shape index (κ3) is 1.81. The number of benzene rings is 1. The van der Waals surface area contributed by atoms with E-state index in [1.165, 1.54) is 0 Å². The fourth-order valence-corrected chi connectivity index (χ4v) is 3.06. The molecule has 1 fully saturated rings. The number of aliphatic hydroxyl groups excluding tert-OH is 1. The van der Waals surface area contributed by atoms with Gasteiger partial charge in [0, 0.05) is 20.7 Å². The molecular weight excluding hydrogens is 256 g/mol. The molecular formula is C15H20N2O3. The monoisotopic (exact) mass is 276 g/mol. The number of aromatic nitrogens is 2. The minimum absolute atomic E-state index is 0.0602. The first-order chi connectivity index (χ1) is 9.44. The van der Waals surface area contributed by atoms with Crippen molar-refractivity contribution in [2.24, 2.45) is 14.1 Å². The Morgan fingerprint density at radius 2 is 2.00 bits per heavy atom. The number of nitrogens with zero attached hydrogens (tertiary/aromatic N) is 2. The Morgan fingerprint density at radius 1 is 1.30 bits per heavy atom. The van der Waals surface area contributed by atoms with Crippen LogP contribution >= 0.6 is 0 Å². The van der Waals surface area contributed by atoms with Crippen LogP contribution in [-0.4, -0.2) is 26.4 Å². The van der Waals surface area contributed by atoms with Crippen LogP contribution in [0.4, 0.5) is 0 Å². The van der Waals surface area contributed by atoms with Gasteiger partial charge in [-0.1, -0.05) is 6.07 Å². The van der Waals surface area contributed by atoms with E-state index in [1.807, 2.05) is 25.1 Å². The zero-order chi connectivity index (χ0) is 14.5. The molecule has 5 heteroatoms. The minimum atomic E-state index is -0.676. The van der Waals surface area contributed by atoms with Crippen molar-refractivity contribution in [2.45, 2.75) is 31.5 Å². The average Bonchev–Trinajstić information content (AvgIpc) is 2.98. The Balaban J connectivity index is 2.09. The molecule has 1 saturated heterocycles. The Hall–Kier alpha value is -1.59. The van der Waals surface area contributed by atoms with Gasteiger partial charge in [-0.25, -0.2) is 4.79 Å². The maximum atomic E-state index is 11.9. The molecule has 20 heavy (non-hydrogen) atoms. The Kier molecular flexibility index (Phi) is 2.99. The van der Waals surface area contributed by atoms with E-state index in [-0.39, 0.29) is 5.69 Å². The Labute approximate surface area is 117 Å². The second-order valence-electron chi connectivity index (χ2n) is 5.82. The number of fused-ring (bicyclic) bond motifs is 1. The maximum absolute atomic E-state index is 11.9. The fraction of sp³-hybridized carbons (Fsp3) is 0.533. The van der Waals surface area contributed by atoms with Gasteiger partial charge in [0.05, 0.1) is 16.6 Å². The predicted octanol–water partition coefficient (Wildman–Crippen LogP) is 1.48. The summed E-state index contributed by atoms with van der Waals surface area (Å²) in [6, 6.07) is 5.64. The minimum Gasteiger partial charge on any atom is -0.385 e. The van der Waals surface area contributed by atoms with Gasteiger partial charge < -0.3 is 9.84 Å². The van der Waals surface area contributed by atoms with E-state index < -0.39 is 11.7 Å². The molecule has 1 aromatic heterocycles. The van der Waals surface area contributed by atoms with E-state index in [4.69, 9.17) is 4.74 Å². The lowest BCUT2D eigenvalue weighted by molar-refractivity contribution is -0.0795. The van der Waals surface area contributed by atoms with Crippen LogP contribution in [0.3, 0.4) is 0 Å². The summed E-state index contributed by atoms with van der Waals surface area (Å²) in [5, 5.41) is 10.6. The summed E-state index contributed by atoms with van der Waals surface area (Å²) in [6.45, 7) is 2.64. The molecule has 0 radical (unpaired) electrons. The van der Waals surface area contributed by atoms with E-state index in [9.17, 15) is 9.90 Å². The highest BCUT2D eigenvalue weighted by molar-refractivity contribution is 5.77. The van der Waals surface area contributed by atoms with Gasteiger partial charge in [0.2, 0.25) is 0 Å². The first kappa shape index (κ1) is 13.4. The van der Waals surface area contributed by atoms with Crippen molar-refractivity contribution in [2.75, 3.05) is 6.61 Å². The van der Waals surface area contributed by atoms with E-state index >= 15 is 0 Å². The van der Waals surface area contributed by atoms with Crippen LogP contribution in [0.1, 0.15) is 31.4 Å². The van der Waals surface area contributed by atoms with Crippen LogP contribution in [0.2, 0.25) is 0 Å². The summed E-state index contributed by atoms with van der Waals surface area (Å²) in [7, 11) is 3.50. The van der Waals surface area contributed by atoms with E-state index in [1.54, 1.807) is 23.2 Å². The number of rotatable bonds is 2. The van der Waals surface area contributed by atoms with Gasteiger partial charge in [-0.05, 0) is 37.5 Å². The molecule has 2 unspecified atom stereocenters. The van der Waals surface area contributed by atoms with Crippen molar-refractivity contribution in [1.29, 1.82) is 0 Å². The van der Waals surface area contributed by atoms with Crippen LogP contribution in [0.5, 0.6) is 0 Å². The number of ether oxygens (including phenoxy) is 1. The summed E-state index contributed by atoms with van der Waals surface area (Å²) >= 11 is 0. The fourth-order valence-electron chi connectivity index (χ4n) is 3.06. The SMILES string of the molecule is Cn1c(=O)n(C)c2cc(C(O)C3(C)CCCO3)ccc21. The van der Waals surface area contributed by atoms with Gasteiger partial charge in [0.15, 0.2) is 0 Å². The van der Waals surface area contributed by atoms with Crippen molar-refractivity contribution in [3.05, 3.63) is 34.2 Å². The van der Waals surface area contributed by atoms with Crippen LogP contribution in [0.25, 0.3) is 11.0 Å². The third-order valence-electron chi connectivity index (χ3n) is 4.44. The number of imidazole rings is 1. The molecule has 3 rings (SSSR count). The highest BCUT2D eigenvalue weighted by Crippen LogP contribution is 2.37. The zero-order valence-corrected chi connectivity index (χ0v) is 12.1. The van der Waals surface area contributed by atoms with Gasteiger partial charge in [-0.3, -0.25) is 9.13 Å². The summed E-state index contributed by atoms with van der Waals surface area (Å²) in [5.74, 6) is 0. The molecule has 0 aliphatic carbocycles. The lowest BCUT2D eigenvalue weighted by Crippen LogP contribution is -2.31. The molecule has 0 saturated carbocycles. The van der Waals surface area contributed by atoms with Crippen molar-refractivity contribution < 1.29 is 9.84 Å². The second-order valence-corrected chi connectivity index (χ2v) is 5.82. The van der Waals surface area contributed by atoms with Crippen molar-refractivity contribution >= 4 is 11.0 Å². The van der Waals surface area contributed by atoms with Gasteiger partial charge in [0.1, 0.15) is 6.10 Å². The first-order valence-electron chi connectivity index (χ1n) is 6.91. The molecule has 0 spiro atoms. The maximum Gasteiger partial charge on any atom is 0.328 e. The zero-order valence-electron chi connectivity index (χ0n) is 12.1. The molecule has 2 aromatic rings. The molecule has 0 amide bonds. The Morgan fingerprint density at radius 3 is 2.65 bits per heavy atom. The number of aliphatic hydroxyl groups is 1. The molecule has 1 N–H and O–H groups in total. The highest BCUT2D eigenvalue weighted by Gasteiger charge is 2.38. The number of hydrogen-bond acceptors (Lipinski definition) is 3. The smallest absolute Gasteiger partial charge is 0.328 e. The average molecular weight is 276 g/mol. The van der Waals surface area contributed by atoms with Crippen molar-refractivity contribution in [3.8, 4) is 0 Å². The highest BCUT2D eigenvalue weighted by atomic mass is 16.5. The van der Waals surface area contributed by atoms with Crippen LogP contribution in [-0.2, 0) is 18.8 Å². The lowest BCUT2D eigenvalue weighted by atomic mass is 9.90. The Bertz CT molecular complexity index is 708. The van der Waals surface area contributed by atoms with Gasteiger partial charge in [-0.15, -0.1) is 0 Å². The van der Waals surface area contributed by atoms with Gasteiger partial charge in [-0.2, -0.15) is 0 Å². The molecule has 1 aliphatic heterocycles. The summed E-state index contributed by atoms with van der Waals surface area (Å²) in [6.07, 6.45) is 1.14. The number of aryl methyl sites for hydroxylation is 2. The first-order valence-corrected chi connectivity index (χ1v) is 6.91. The lowest BCUT2D eigenvalue weighted by Gasteiger charge is -2.29. The summed E-state index contributed by atoms with van der Waals surface area (Å²) < 4.78 is 8.92. The molecule has 0 bridgehead atoms. The largest absolute Gasteiger partial charge is 0.385 e. The molecule has 2 atom stereocenters. The summed E-state index contributed by atoms with van der Waals surface area (Å²) in [5.41, 5.74) is 1.90. The van der Waals surface area contributed by atoms with Crippen molar-refractivity contribution in [3.63, 3.8) is 0 Å². The normalized spacial score (nSPS) is 24.4. The number of hydrogen-bond donors (Lipinski definition) is 1. The molecule has 5 nitrogen and oxygen atoms in total. The summed E-state index contributed by atoms with van der Waals surface area (Å²) in [4.78, 5) is 11.9. The van der Waals surface area contributed by atoms with Crippen LogP contribution in [0, 0.1) is 0 Å². The van der Waals surface area contributed by atoms with E-state index in [0.29, 0.717) is 6.61 Å². The van der Waals surface area contributed by atoms with E-state index in [0.717, 1.165) is 29.4 Å². The topological polar surface area (TPSA) is 56.4 Å². The molecule has 108 valence electrons. The molecule has 1 aliphatic rings. The molecule has 1 aromatic carbocycles. The van der Waals surface area contributed by atoms with Gasteiger partial charge >= 0.3 is 5.69 Å². The molecule has 2 heterocycles.